The monoisotopic (exact) mass is 386 g/mol. The number of carbonyl (C=O) groups is 3. The van der Waals surface area contributed by atoms with Gasteiger partial charge in [0.05, 0.1) is 17.8 Å². The van der Waals surface area contributed by atoms with Gasteiger partial charge in [0, 0.05) is 5.02 Å². The highest BCUT2D eigenvalue weighted by molar-refractivity contribution is 6.30. The molecule has 3 rings (SSSR count). The number of rotatable bonds is 4. The van der Waals surface area contributed by atoms with Crippen molar-refractivity contribution in [2.75, 3.05) is 16.8 Å². The molecule has 27 heavy (non-hydrogen) atoms. The van der Waals surface area contributed by atoms with Gasteiger partial charge in [0.1, 0.15) is 5.54 Å². The van der Waals surface area contributed by atoms with E-state index >= 15 is 0 Å². The van der Waals surface area contributed by atoms with Gasteiger partial charge in [-0.1, -0.05) is 35.9 Å². The Morgan fingerprint density at radius 2 is 1.78 bits per heavy atom. The predicted molar refractivity (Wildman–Crippen MR) is 103 cm³/mol. The number of carbonyl (C=O) groups excluding carboxylic acids is 3. The van der Waals surface area contributed by atoms with Crippen LogP contribution in [0.3, 0.4) is 0 Å². The van der Waals surface area contributed by atoms with Gasteiger partial charge >= 0.3 is 5.97 Å². The summed E-state index contributed by atoms with van der Waals surface area (Å²) in [6.45, 7) is 2.84. The Bertz CT molecular complexity index is 893. The Morgan fingerprint density at radius 1 is 1.11 bits per heavy atom. The highest BCUT2D eigenvalue weighted by Gasteiger charge is 2.43. The van der Waals surface area contributed by atoms with Gasteiger partial charge in [0.2, 0.25) is 5.91 Å². The topological polar surface area (TPSA) is 75.7 Å². The van der Waals surface area contributed by atoms with Crippen molar-refractivity contribution in [1.82, 2.24) is 0 Å². The lowest BCUT2D eigenvalue weighted by atomic mass is 9.96. The fraction of sp³-hybridized carbons (Fsp3) is 0.250. The second-order valence-corrected chi connectivity index (χ2v) is 7.16. The van der Waals surface area contributed by atoms with Crippen LogP contribution < -0.4 is 10.2 Å². The molecule has 0 aromatic heterocycles. The normalized spacial score (nSPS) is 14.9. The van der Waals surface area contributed by atoms with Crippen molar-refractivity contribution in [2.24, 2.45) is 0 Å². The lowest BCUT2D eigenvalue weighted by molar-refractivity contribution is -0.147. The van der Waals surface area contributed by atoms with Gasteiger partial charge in [-0.15, -0.1) is 0 Å². The molecular formula is C20H19ClN2O4. The third-order valence-electron chi connectivity index (χ3n) is 4.38. The number of amides is 2. The van der Waals surface area contributed by atoms with Gasteiger partial charge in [0.15, 0.2) is 6.61 Å². The Morgan fingerprint density at radius 3 is 2.48 bits per heavy atom. The van der Waals surface area contributed by atoms with Crippen LogP contribution in [0.4, 0.5) is 11.4 Å². The maximum atomic E-state index is 12.8. The fourth-order valence-corrected chi connectivity index (χ4v) is 3.05. The zero-order valence-electron chi connectivity index (χ0n) is 15.0. The molecule has 0 spiro atoms. The summed E-state index contributed by atoms with van der Waals surface area (Å²) >= 11 is 5.82. The van der Waals surface area contributed by atoms with Gasteiger partial charge < -0.3 is 10.1 Å². The lowest BCUT2D eigenvalue weighted by Crippen LogP contribution is -2.59. The molecule has 7 heteroatoms. The summed E-state index contributed by atoms with van der Waals surface area (Å²) in [6, 6.07) is 13.8. The molecule has 2 aromatic carbocycles. The standard InChI is InChI=1S/C20H19ClN2O4/c1-20(2)19(26)22-15-5-3-4-6-16(15)23(20)17(24)12-27-18(25)11-13-7-9-14(21)10-8-13/h3-10H,11-12H2,1-2H3,(H,22,26). The molecule has 1 heterocycles. The number of halogens is 1. The number of ether oxygens (including phenoxy) is 1. The summed E-state index contributed by atoms with van der Waals surface area (Å²) < 4.78 is 5.14. The van der Waals surface area contributed by atoms with E-state index in [0.717, 1.165) is 5.56 Å². The average Bonchev–Trinajstić information content (AvgIpc) is 2.62. The summed E-state index contributed by atoms with van der Waals surface area (Å²) in [5.74, 6) is -1.30. The molecule has 2 aromatic rings. The summed E-state index contributed by atoms with van der Waals surface area (Å²) in [7, 11) is 0. The van der Waals surface area contributed by atoms with E-state index in [1.165, 1.54) is 4.90 Å². The number of hydrogen-bond donors (Lipinski definition) is 1. The van der Waals surface area contributed by atoms with Crippen molar-refractivity contribution in [1.29, 1.82) is 0 Å². The third kappa shape index (κ3) is 3.95. The summed E-state index contributed by atoms with van der Waals surface area (Å²) in [5.41, 5.74) is 0.747. The zero-order valence-corrected chi connectivity index (χ0v) is 15.7. The molecule has 0 unspecified atom stereocenters. The minimum absolute atomic E-state index is 0.0327. The van der Waals surface area contributed by atoms with E-state index in [9.17, 15) is 14.4 Å². The first kappa shape index (κ1) is 18.9. The van der Waals surface area contributed by atoms with Crippen LogP contribution in [-0.2, 0) is 25.5 Å². The molecule has 1 aliphatic rings. The van der Waals surface area contributed by atoms with Gasteiger partial charge in [-0.25, -0.2) is 0 Å². The van der Waals surface area contributed by atoms with Crippen molar-refractivity contribution in [2.45, 2.75) is 25.8 Å². The van der Waals surface area contributed by atoms with Crippen LogP contribution >= 0.6 is 11.6 Å². The SMILES string of the molecule is CC1(C)C(=O)Nc2ccccc2N1C(=O)COC(=O)Cc1ccc(Cl)cc1. The molecule has 1 aliphatic heterocycles. The number of nitrogens with one attached hydrogen (secondary N) is 1. The molecule has 6 nitrogen and oxygen atoms in total. The first-order valence-electron chi connectivity index (χ1n) is 8.42. The Hall–Kier alpha value is -2.86. The van der Waals surface area contributed by atoms with Crippen molar-refractivity contribution in [3.63, 3.8) is 0 Å². The van der Waals surface area contributed by atoms with Gasteiger partial charge in [-0.05, 0) is 43.7 Å². The van der Waals surface area contributed by atoms with Crippen LogP contribution in [0.1, 0.15) is 19.4 Å². The minimum atomic E-state index is -1.10. The number of hydrogen-bond acceptors (Lipinski definition) is 4. The number of benzene rings is 2. The van der Waals surface area contributed by atoms with Crippen LogP contribution in [0.5, 0.6) is 0 Å². The molecule has 0 radical (unpaired) electrons. The maximum Gasteiger partial charge on any atom is 0.310 e. The lowest BCUT2D eigenvalue weighted by Gasteiger charge is -2.41. The number of fused-ring (bicyclic) bond motifs is 1. The van der Waals surface area contributed by atoms with Crippen LogP contribution in [0, 0.1) is 0 Å². The first-order valence-corrected chi connectivity index (χ1v) is 8.80. The Balaban J connectivity index is 1.70. The Kier molecular flexibility index (Phi) is 5.19. The molecule has 140 valence electrons. The van der Waals surface area contributed by atoms with Crippen molar-refractivity contribution < 1.29 is 19.1 Å². The zero-order chi connectivity index (χ0) is 19.6. The molecular weight excluding hydrogens is 368 g/mol. The van der Waals surface area contributed by atoms with Crippen LogP contribution in [0.25, 0.3) is 0 Å². The second-order valence-electron chi connectivity index (χ2n) is 6.72. The molecule has 0 saturated heterocycles. The van der Waals surface area contributed by atoms with E-state index in [-0.39, 0.29) is 12.3 Å². The summed E-state index contributed by atoms with van der Waals surface area (Å²) in [6.07, 6.45) is 0.0327. The van der Waals surface area contributed by atoms with E-state index < -0.39 is 24.0 Å². The molecule has 0 saturated carbocycles. The van der Waals surface area contributed by atoms with E-state index in [4.69, 9.17) is 16.3 Å². The van der Waals surface area contributed by atoms with E-state index in [2.05, 4.69) is 5.32 Å². The smallest absolute Gasteiger partial charge is 0.310 e. The van der Waals surface area contributed by atoms with Crippen LogP contribution in [0.2, 0.25) is 5.02 Å². The molecule has 2 amide bonds. The van der Waals surface area contributed by atoms with Gasteiger partial charge in [0.25, 0.3) is 5.91 Å². The fourth-order valence-electron chi connectivity index (χ4n) is 2.93. The van der Waals surface area contributed by atoms with E-state index in [0.29, 0.717) is 16.4 Å². The predicted octanol–water partition coefficient (Wildman–Crippen LogP) is 3.19. The quantitative estimate of drug-likeness (QED) is 0.819. The second kappa shape index (κ2) is 7.40. The van der Waals surface area contributed by atoms with E-state index in [1.807, 2.05) is 0 Å². The highest BCUT2D eigenvalue weighted by atomic mass is 35.5. The van der Waals surface area contributed by atoms with Crippen molar-refractivity contribution >= 4 is 40.8 Å². The third-order valence-corrected chi connectivity index (χ3v) is 4.63. The van der Waals surface area contributed by atoms with Crippen LogP contribution in [-0.4, -0.2) is 29.9 Å². The number of esters is 1. The minimum Gasteiger partial charge on any atom is -0.455 e. The summed E-state index contributed by atoms with van der Waals surface area (Å²) in [4.78, 5) is 38.6. The molecule has 0 bridgehead atoms. The van der Waals surface area contributed by atoms with Crippen LogP contribution in [0.15, 0.2) is 48.5 Å². The first-order chi connectivity index (χ1) is 12.8. The number of para-hydroxylation sites is 2. The molecule has 0 aliphatic carbocycles. The number of nitrogens with zero attached hydrogens (tertiary/aromatic N) is 1. The molecule has 0 atom stereocenters. The van der Waals surface area contributed by atoms with Gasteiger partial charge in [-0.2, -0.15) is 0 Å². The molecule has 1 N–H and O–H groups in total. The van der Waals surface area contributed by atoms with Gasteiger partial charge in [-0.3, -0.25) is 19.3 Å². The number of anilines is 2. The average molecular weight is 387 g/mol. The largest absolute Gasteiger partial charge is 0.455 e. The summed E-state index contributed by atoms with van der Waals surface area (Å²) in [5, 5.41) is 3.36. The highest BCUT2D eigenvalue weighted by Crippen LogP contribution is 2.36. The van der Waals surface area contributed by atoms with Crippen molar-refractivity contribution in [3.05, 3.63) is 59.1 Å². The molecule has 0 fully saturated rings. The maximum absolute atomic E-state index is 12.8. The van der Waals surface area contributed by atoms with E-state index in [1.54, 1.807) is 62.4 Å². The Labute approximate surface area is 162 Å². The van der Waals surface area contributed by atoms with Crippen molar-refractivity contribution in [3.8, 4) is 0 Å².